The highest BCUT2D eigenvalue weighted by molar-refractivity contribution is 7.47. The predicted molar refractivity (Wildman–Crippen MR) is 395 cm³/mol. The van der Waals surface area contributed by atoms with Gasteiger partial charge in [0.15, 0.2) is 12.2 Å². The van der Waals surface area contributed by atoms with Crippen molar-refractivity contribution in [3.63, 3.8) is 0 Å². The number of esters is 4. The fourth-order valence-electron chi connectivity index (χ4n) is 12.0. The van der Waals surface area contributed by atoms with E-state index in [2.05, 4.69) is 41.5 Å². The van der Waals surface area contributed by atoms with E-state index in [0.29, 0.717) is 25.7 Å². The first kappa shape index (κ1) is 95.1. The van der Waals surface area contributed by atoms with Crippen molar-refractivity contribution in [2.45, 2.75) is 426 Å². The smallest absolute Gasteiger partial charge is 0.462 e. The van der Waals surface area contributed by atoms with E-state index in [4.69, 9.17) is 37.0 Å². The molecule has 576 valence electrons. The summed E-state index contributed by atoms with van der Waals surface area (Å²) in [6.45, 7) is 9.59. The zero-order valence-electron chi connectivity index (χ0n) is 63.4. The second kappa shape index (κ2) is 69.8. The lowest BCUT2D eigenvalue weighted by molar-refractivity contribution is -0.161. The van der Waals surface area contributed by atoms with E-state index < -0.39 is 97.5 Å². The van der Waals surface area contributed by atoms with Crippen LogP contribution in [0.2, 0.25) is 0 Å². The van der Waals surface area contributed by atoms with Crippen molar-refractivity contribution >= 4 is 39.5 Å². The molecule has 0 rings (SSSR count). The fourth-order valence-corrected chi connectivity index (χ4v) is 13.6. The van der Waals surface area contributed by atoms with Crippen molar-refractivity contribution in [3.8, 4) is 0 Å². The number of unbranched alkanes of at least 4 members (excludes halogenated alkanes) is 47. The summed E-state index contributed by atoms with van der Waals surface area (Å²) in [6.07, 6.45) is 58.3. The van der Waals surface area contributed by atoms with Crippen molar-refractivity contribution in [3.05, 3.63) is 0 Å². The minimum atomic E-state index is -4.96. The minimum absolute atomic E-state index is 0.105. The van der Waals surface area contributed by atoms with Crippen LogP contribution in [0.25, 0.3) is 0 Å². The van der Waals surface area contributed by atoms with Crippen LogP contribution in [0.4, 0.5) is 0 Å². The van der Waals surface area contributed by atoms with Gasteiger partial charge in [0.25, 0.3) is 0 Å². The van der Waals surface area contributed by atoms with Crippen molar-refractivity contribution in [2.75, 3.05) is 39.6 Å². The topological polar surface area (TPSA) is 237 Å². The average molecular weight is 1420 g/mol. The Balaban J connectivity index is 5.23. The molecule has 0 aliphatic carbocycles. The van der Waals surface area contributed by atoms with E-state index in [1.54, 1.807) is 0 Å². The molecule has 0 heterocycles. The molecule has 17 nitrogen and oxygen atoms in total. The van der Waals surface area contributed by atoms with Gasteiger partial charge in [-0.2, -0.15) is 0 Å². The molecule has 0 aliphatic heterocycles. The number of phosphoric ester groups is 2. The summed E-state index contributed by atoms with van der Waals surface area (Å²) < 4.78 is 68.6. The molecule has 0 aromatic rings. The molecule has 0 radical (unpaired) electrons. The molecule has 97 heavy (non-hydrogen) atoms. The van der Waals surface area contributed by atoms with Gasteiger partial charge in [-0.25, -0.2) is 9.13 Å². The maximum Gasteiger partial charge on any atom is 0.472 e. The molecule has 3 N–H and O–H groups in total. The zero-order valence-corrected chi connectivity index (χ0v) is 65.2. The van der Waals surface area contributed by atoms with Gasteiger partial charge in [0.2, 0.25) is 0 Å². The molecule has 0 aromatic carbocycles. The molecule has 19 heteroatoms. The second-order valence-electron chi connectivity index (χ2n) is 29.1. The molecule has 0 aliphatic rings. The largest absolute Gasteiger partial charge is 0.472 e. The molecule has 0 saturated heterocycles. The number of aliphatic hydroxyl groups excluding tert-OH is 1. The van der Waals surface area contributed by atoms with Crippen LogP contribution in [-0.4, -0.2) is 96.7 Å². The molecule has 0 saturated carbocycles. The molecule has 2 unspecified atom stereocenters. The lowest BCUT2D eigenvalue weighted by Crippen LogP contribution is -2.30. The van der Waals surface area contributed by atoms with Crippen LogP contribution < -0.4 is 0 Å². The van der Waals surface area contributed by atoms with E-state index in [-0.39, 0.29) is 25.7 Å². The van der Waals surface area contributed by atoms with Gasteiger partial charge in [-0.05, 0) is 37.5 Å². The number of carbonyl (C=O) groups excluding carboxylic acids is 4. The summed E-state index contributed by atoms with van der Waals surface area (Å²) >= 11 is 0. The number of phosphoric acid groups is 2. The monoisotopic (exact) mass is 1420 g/mol. The number of aliphatic hydroxyl groups is 1. The molecule has 0 bridgehead atoms. The highest BCUT2D eigenvalue weighted by Gasteiger charge is 2.30. The van der Waals surface area contributed by atoms with Crippen molar-refractivity contribution < 1.29 is 80.2 Å². The Bertz CT molecular complexity index is 1870. The van der Waals surface area contributed by atoms with Gasteiger partial charge in [0.1, 0.15) is 19.3 Å². The molecular formula is C78H152O17P2. The van der Waals surface area contributed by atoms with Crippen molar-refractivity contribution in [1.29, 1.82) is 0 Å². The highest BCUT2D eigenvalue weighted by Crippen LogP contribution is 2.45. The van der Waals surface area contributed by atoms with Crippen LogP contribution in [-0.2, 0) is 65.4 Å². The van der Waals surface area contributed by atoms with Crippen LogP contribution in [0.3, 0.4) is 0 Å². The van der Waals surface area contributed by atoms with Crippen LogP contribution in [0.5, 0.6) is 0 Å². The maximum atomic E-state index is 13.1. The summed E-state index contributed by atoms with van der Waals surface area (Å²) in [4.78, 5) is 72.9. The average Bonchev–Trinajstić information content (AvgIpc) is 2.73. The Morgan fingerprint density at radius 3 is 0.701 bits per heavy atom. The summed E-state index contributed by atoms with van der Waals surface area (Å²) in [5.74, 6) is -0.596. The summed E-state index contributed by atoms with van der Waals surface area (Å²) in [6, 6.07) is 0. The second-order valence-corrected chi connectivity index (χ2v) is 32.0. The van der Waals surface area contributed by atoms with E-state index in [1.807, 2.05) is 0 Å². The van der Waals surface area contributed by atoms with Gasteiger partial charge in [-0.3, -0.25) is 37.3 Å². The Hall–Kier alpha value is -1.94. The number of ether oxygens (including phenoxy) is 4. The lowest BCUT2D eigenvalue weighted by Gasteiger charge is -2.21. The Kier molecular flexibility index (Phi) is 68.4. The van der Waals surface area contributed by atoms with E-state index >= 15 is 0 Å². The Morgan fingerprint density at radius 2 is 0.474 bits per heavy atom. The van der Waals surface area contributed by atoms with E-state index in [0.717, 1.165) is 102 Å². The summed E-state index contributed by atoms with van der Waals surface area (Å²) in [7, 11) is -9.91. The van der Waals surface area contributed by atoms with Crippen LogP contribution in [0, 0.1) is 11.8 Å². The quantitative estimate of drug-likeness (QED) is 0.0222. The summed E-state index contributed by atoms with van der Waals surface area (Å²) in [5, 5.41) is 10.6. The van der Waals surface area contributed by atoms with Crippen molar-refractivity contribution in [1.82, 2.24) is 0 Å². The molecule has 0 fully saturated rings. The van der Waals surface area contributed by atoms with Crippen LogP contribution >= 0.6 is 15.6 Å². The Labute approximate surface area is 594 Å². The minimum Gasteiger partial charge on any atom is -0.462 e. The number of rotatable bonds is 77. The first-order valence-corrected chi connectivity index (χ1v) is 43.5. The van der Waals surface area contributed by atoms with E-state index in [1.165, 1.54) is 225 Å². The third-order valence-electron chi connectivity index (χ3n) is 18.2. The van der Waals surface area contributed by atoms with Crippen molar-refractivity contribution in [2.24, 2.45) is 11.8 Å². The van der Waals surface area contributed by atoms with Gasteiger partial charge in [-0.1, -0.05) is 356 Å². The lowest BCUT2D eigenvalue weighted by atomic mass is 10.0. The fraction of sp³-hybridized carbons (Fsp3) is 0.949. The first-order chi connectivity index (χ1) is 46.9. The van der Waals surface area contributed by atoms with Gasteiger partial charge in [-0.15, -0.1) is 0 Å². The van der Waals surface area contributed by atoms with Crippen LogP contribution in [0.1, 0.15) is 408 Å². The van der Waals surface area contributed by atoms with Gasteiger partial charge in [0, 0.05) is 25.7 Å². The molecule has 0 aromatic heterocycles. The van der Waals surface area contributed by atoms with Crippen LogP contribution in [0.15, 0.2) is 0 Å². The normalized spacial score (nSPS) is 14.0. The highest BCUT2D eigenvalue weighted by atomic mass is 31.2. The van der Waals surface area contributed by atoms with Gasteiger partial charge in [0.05, 0.1) is 26.4 Å². The SMILES string of the molecule is CCCCCCCCCCCCCCCCCCCCC(=O)O[C@H](COC(=O)CCCCCCCCCCCCCCCCC(C)C)COP(=O)(O)OC[C@@H](O)COP(=O)(O)OC[C@@H](COC(=O)CCCCCCCCCCCCC)OC(=O)CCCCCCCCCCC(C)C. The van der Waals surface area contributed by atoms with Gasteiger partial charge >= 0.3 is 39.5 Å². The maximum absolute atomic E-state index is 13.1. The number of hydrogen-bond donors (Lipinski definition) is 3. The zero-order chi connectivity index (χ0) is 71.4. The third-order valence-corrected chi connectivity index (χ3v) is 20.1. The van der Waals surface area contributed by atoms with Gasteiger partial charge < -0.3 is 33.8 Å². The molecular weight excluding hydrogens is 1270 g/mol. The third kappa shape index (κ3) is 72.2. The molecule has 0 amide bonds. The molecule has 5 atom stereocenters. The predicted octanol–water partition coefficient (Wildman–Crippen LogP) is 23.1. The number of hydrogen-bond acceptors (Lipinski definition) is 15. The first-order valence-electron chi connectivity index (χ1n) is 40.5. The van der Waals surface area contributed by atoms with E-state index in [9.17, 15) is 43.2 Å². The summed E-state index contributed by atoms with van der Waals surface area (Å²) in [5.41, 5.74) is 0. The molecule has 0 spiro atoms. The Morgan fingerprint density at radius 1 is 0.278 bits per heavy atom. The standard InChI is InChI=1S/C78H152O17P2/c1-7-9-11-13-15-17-19-20-21-22-23-24-29-33-37-44-50-56-62-77(82)94-73(66-89-76(81)61-55-49-43-36-32-28-26-25-27-31-34-40-46-52-58-70(3)4)68-92-96(84,85)90-64-72(79)65-91-97(86,87)93-69-74(95-78(83)63-57-51-45-39-38-41-47-53-59-71(5)6)67-88-75(80)60-54-48-42-35-30-18-16-14-12-10-8-2/h70-74,79H,7-69H2,1-6H3,(H,84,85)(H,86,87)/t72-,73-,74-/m1/s1. The number of carbonyl (C=O) groups is 4.